The zero-order valence-corrected chi connectivity index (χ0v) is 12.3. The van der Waals surface area contributed by atoms with Crippen molar-refractivity contribution in [3.05, 3.63) is 65.6 Å². The standard InChI is InChI=1S/C15H13ClN6/c16-12-4-1-5-13(7-12)20-14-10-19-22-15(21-14)18-9-11-3-2-6-17-8-11/h1-8,10H,9H2,(H2,18,20,21,22). The highest BCUT2D eigenvalue weighted by atomic mass is 35.5. The van der Waals surface area contributed by atoms with Crippen molar-refractivity contribution in [2.75, 3.05) is 10.6 Å². The average Bonchev–Trinajstić information content (AvgIpc) is 2.54. The molecule has 22 heavy (non-hydrogen) atoms. The van der Waals surface area contributed by atoms with E-state index in [0.29, 0.717) is 23.3 Å². The molecule has 7 heteroatoms. The molecule has 0 aliphatic rings. The zero-order valence-electron chi connectivity index (χ0n) is 11.6. The van der Waals surface area contributed by atoms with Gasteiger partial charge in [-0.2, -0.15) is 10.1 Å². The van der Waals surface area contributed by atoms with Gasteiger partial charge in [-0.3, -0.25) is 4.98 Å². The van der Waals surface area contributed by atoms with Crippen LogP contribution in [0, 0.1) is 0 Å². The fraction of sp³-hybridized carbons (Fsp3) is 0.0667. The normalized spacial score (nSPS) is 10.2. The van der Waals surface area contributed by atoms with Gasteiger partial charge < -0.3 is 10.6 Å². The molecule has 0 unspecified atom stereocenters. The fourth-order valence-electron chi connectivity index (χ4n) is 1.84. The molecule has 0 aliphatic heterocycles. The van der Waals surface area contributed by atoms with Gasteiger partial charge in [0.15, 0.2) is 5.82 Å². The molecule has 1 aromatic carbocycles. The molecule has 2 N–H and O–H groups in total. The second-order valence-electron chi connectivity index (χ2n) is 4.52. The van der Waals surface area contributed by atoms with Gasteiger partial charge in [-0.25, -0.2) is 0 Å². The van der Waals surface area contributed by atoms with Crippen LogP contribution in [0.1, 0.15) is 5.56 Å². The summed E-state index contributed by atoms with van der Waals surface area (Å²) in [5, 5.41) is 14.8. The van der Waals surface area contributed by atoms with Crippen LogP contribution in [-0.2, 0) is 6.54 Å². The number of rotatable bonds is 5. The van der Waals surface area contributed by atoms with Crippen molar-refractivity contribution in [2.24, 2.45) is 0 Å². The third-order valence-electron chi connectivity index (χ3n) is 2.83. The van der Waals surface area contributed by atoms with E-state index in [1.54, 1.807) is 18.6 Å². The Morgan fingerprint density at radius 1 is 1.09 bits per heavy atom. The van der Waals surface area contributed by atoms with Gasteiger partial charge in [0.1, 0.15) is 0 Å². The van der Waals surface area contributed by atoms with Gasteiger partial charge in [-0.15, -0.1) is 5.10 Å². The Morgan fingerprint density at radius 3 is 2.86 bits per heavy atom. The van der Waals surface area contributed by atoms with E-state index in [2.05, 4.69) is 30.8 Å². The Labute approximate surface area is 132 Å². The predicted octanol–water partition coefficient (Wildman–Crippen LogP) is 3.28. The van der Waals surface area contributed by atoms with Crippen LogP contribution in [0.3, 0.4) is 0 Å². The largest absolute Gasteiger partial charge is 0.349 e. The molecule has 0 aliphatic carbocycles. The van der Waals surface area contributed by atoms with E-state index in [-0.39, 0.29) is 0 Å². The molecule has 0 fully saturated rings. The lowest BCUT2D eigenvalue weighted by molar-refractivity contribution is 0.946. The van der Waals surface area contributed by atoms with Crippen molar-refractivity contribution >= 4 is 29.1 Å². The maximum Gasteiger partial charge on any atom is 0.244 e. The van der Waals surface area contributed by atoms with E-state index in [1.165, 1.54) is 0 Å². The Hall–Kier alpha value is -2.73. The lowest BCUT2D eigenvalue weighted by Crippen LogP contribution is -2.06. The quantitative estimate of drug-likeness (QED) is 0.753. The highest BCUT2D eigenvalue weighted by Crippen LogP contribution is 2.18. The summed E-state index contributed by atoms with van der Waals surface area (Å²) in [6.07, 6.45) is 5.07. The summed E-state index contributed by atoms with van der Waals surface area (Å²) < 4.78 is 0. The molecule has 0 atom stereocenters. The maximum absolute atomic E-state index is 5.95. The van der Waals surface area contributed by atoms with Crippen LogP contribution in [0.4, 0.5) is 17.5 Å². The molecule has 0 amide bonds. The van der Waals surface area contributed by atoms with Gasteiger partial charge in [0, 0.05) is 29.6 Å². The number of benzene rings is 1. The zero-order chi connectivity index (χ0) is 15.2. The smallest absolute Gasteiger partial charge is 0.244 e. The lowest BCUT2D eigenvalue weighted by Gasteiger charge is -2.07. The first-order valence-corrected chi connectivity index (χ1v) is 7.02. The number of nitrogens with zero attached hydrogens (tertiary/aromatic N) is 4. The Kier molecular flexibility index (Phi) is 4.41. The van der Waals surface area contributed by atoms with Gasteiger partial charge in [0.05, 0.1) is 6.20 Å². The molecule has 3 rings (SSSR count). The van der Waals surface area contributed by atoms with Crippen LogP contribution in [0.15, 0.2) is 55.0 Å². The number of halogens is 1. The van der Waals surface area contributed by atoms with Crippen molar-refractivity contribution in [1.82, 2.24) is 20.2 Å². The van der Waals surface area contributed by atoms with E-state index < -0.39 is 0 Å². The molecular formula is C15H13ClN6. The minimum absolute atomic E-state index is 0.441. The second-order valence-corrected chi connectivity index (χ2v) is 4.95. The van der Waals surface area contributed by atoms with Crippen molar-refractivity contribution in [3.8, 4) is 0 Å². The molecule has 0 saturated heterocycles. The third kappa shape index (κ3) is 3.89. The van der Waals surface area contributed by atoms with E-state index >= 15 is 0 Å². The Bertz CT molecular complexity index is 750. The summed E-state index contributed by atoms with van der Waals surface area (Å²) in [5.74, 6) is 1.03. The summed E-state index contributed by atoms with van der Waals surface area (Å²) in [6, 6.07) is 11.2. The molecule has 2 aromatic heterocycles. The number of nitrogens with one attached hydrogen (secondary N) is 2. The van der Waals surface area contributed by atoms with Crippen molar-refractivity contribution in [2.45, 2.75) is 6.54 Å². The number of pyridine rings is 1. The van der Waals surface area contributed by atoms with Crippen molar-refractivity contribution in [1.29, 1.82) is 0 Å². The highest BCUT2D eigenvalue weighted by molar-refractivity contribution is 6.30. The van der Waals surface area contributed by atoms with Gasteiger partial charge in [0.25, 0.3) is 0 Å². The van der Waals surface area contributed by atoms with Crippen LogP contribution in [0.5, 0.6) is 0 Å². The van der Waals surface area contributed by atoms with Gasteiger partial charge in [0.2, 0.25) is 5.95 Å². The monoisotopic (exact) mass is 312 g/mol. The van der Waals surface area contributed by atoms with Gasteiger partial charge in [-0.1, -0.05) is 23.7 Å². The first-order valence-electron chi connectivity index (χ1n) is 6.65. The van der Waals surface area contributed by atoms with Crippen LogP contribution in [-0.4, -0.2) is 20.2 Å². The summed E-state index contributed by atoms with van der Waals surface area (Å²) >= 11 is 5.95. The molecule has 3 aromatic rings. The van der Waals surface area contributed by atoms with E-state index in [4.69, 9.17) is 11.6 Å². The number of aromatic nitrogens is 4. The van der Waals surface area contributed by atoms with E-state index in [0.717, 1.165) is 11.3 Å². The molecular weight excluding hydrogens is 300 g/mol. The van der Waals surface area contributed by atoms with E-state index in [9.17, 15) is 0 Å². The minimum atomic E-state index is 0.441. The van der Waals surface area contributed by atoms with Crippen LogP contribution in [0.2, 0.25) is 5.02 Å². The summed E-state index contributed by atoms with van der Waals surface area (Å²) in [6.45, 7) is 0.580. The second kappa shape index (κ2) is 6.82. The van der Waals surface area contributed by atoms with Gasteiger partial charge >= 0.3 is 0 Å². The van der Waals surface area contributed by atoms with Crippen molar-refractivity contribution < 1.29 is 0 Å². The lowest BCUT2D eigenvalue weighted by atomic mass is 10.3. The summed E-state index contributed by atoms with van der Waals surface area (Å²) in [7, 11) is 0. The molecule has 0 bridgehead atoms. The average molecular weight is 313 g/mol. The van der Waals surface area contributed by atoms with Crippen molar-refractivity contribution in [3.63, 3.8) is 0 Å². The fourth-order valence-corrected chi connectivity index (χ4v) is 2.03. The predicted molar refractivity (Wildman–Crippen MR) is 86.1 cm³/mol. The van der Waals surface area contributed by atoms with Gasteiger partial charge in [-0.05, 0) is 29.8 Å². The Balaban J connectivity index is 1.67. The number of hydrogen-bond donors (Lipinski definition) is 2. The minimum Gasteiger partial charge on any atom is -0.349 e. The first kappa shape index (κ1) is 14.2. The van der Waals surface area contributed by atoms with Crippen LogP contribution < -0.4 is 10.6 Å². The number of hydrogen-bond acceptors (Lipinski definition) is 6. The Morgan fingerprint density at radius 2 is 2.05 bits per heavy atom. The first-order chi connectivity index (χ1) is 10.8. The summed E-state index contributed by atoms with van der Waals surface area (Å²) in [5.41, 5.74) is 1.88. The topological polar surface area (TPSA) is 75.6 Å². The molecule has 110 valence electrons. The summed E-state index contributed by atoms with van der Waals surface area (Å²) in [4.78, 5) is 8.41. The van der Waals surface area contributed by atoms with E-state index in [1.807, 2.05) is 36.4 Å². The molecule has 2 heterocycles. The molecule has 0 spiro atoms. The molecule has 0 saturated carbocycles. The third-order valence-corrected chi connectivity index (χ3v) is 3.06. The highest BCUT2D eigenvalue weighted by Gasteiger charge is 2.02. The number of anilines is 3. The van der Waals surface area contributed by atoms with Crippen LogP contribution in [0.25, 0.3) is 0 Å². The van der Waals surface area contributed by atoms with Crippen LogP contribution >= 0.6 is 11.6 Å². The maximum atomic E-state index is 5.95. The molecule has 6 nitrogen and oxygen atoms in total. The molecule has 0 radical (unpaired) electrons. The SMILES string of the molecule is Clc1cccc(Nc2cnnc(NCc3cccnc3)n2)c1.